The van der Waals surface area contributed by atoms with Gasteiger partial charge < -0.3 is 5.32 Å². The van der Waals surface area contributed by atoms with Crippen molar-refractivity contribution in [3.8, 4) is 0 Å². The average molecular weight is 284 g/mol. The van der Waals surface area contributed by atoms with Gasteiger partial charge in [-0.05, 0) is 23.3 Å². The number of hydrogen-bond acceptors (Lipinski definition) is 4. The maximum Gasteiger partial charge on any atom is 0.224 e. The highest BCUT2D eigenvalue weighted by Gasteiger charge is 2.24. The van der Waals surface area contributed by atoms with Crippen LogP contribution >= 0.6 is 22.9 Å². The highest BCUT2D eigenvalue weighted by Crippen LogP contribution is 2.26. The minimum atomic E-state index is 0.128. The number of anilines is 1. The summed E-state index contributed by atoms with van der Waals surface area (Å²) >= 11 is 7.50. The van der Waals surface area contributed by atoms with Crippen molar-refractivity contribution in [3.63, 3.8) is 0 Å². The first kappa shape index (κ1) is 13.6. The molecule has 2 heterocycles. The van der Waals surface area contributed by atoms with Gasteiger partial charge in [-0.15, -0.1) is 22.9 Å². The smallest absolute Gasteiger partial charge is 0.224 e. The zero-order chi connectivity index (χ0) is 13.2. The maximum absolute atomic E-state index is 5.87. The van der Waals surface area contributed by atoms with E-state index in [0.717, 1.165) is 16.6 Å². The predicted octanol–water partition coefficient (Wildman–Crippen LogP) is 4.15. The minimum Gasteiger partial charge on any atom is -0.351 e. The maximum atomic E-state index is 5.87. The van der Waals surface area contributed by atoms with Gasteiger partial charge in [0, 0.05) is 23.5 Å². The molecule has 0 aliphatic heterocycles. The highest BCUT2D eigenvalue weighted by atomic mass is 35.5. The Morgan fingerprint density at radius 3 is 2.89 bits per heavy atom. The molecular formula is C13H18ClN3S. The number of nitrogens with zero attached hydrogens (tertiary/aromatic N) is 2. The summed E-state index contributed by atoms with van der Waals surface area (Å²) in [5, 5.41) is 6.53. The number of nitrogens with one attached hydrogen (secondary N) is 1. The van der Waals surface area contributed by atoms with Crippen molar-refractivity contribution in [2.45, 2.75) is 33.2 Å². The van der Waals surface area contributed by atoms with Crippen LogP contribution in [0.3, 0.4) is 0 Å². The van der Waals surface area contributed by atoms with Crippen LogP contribution in [0.4, 0.5) is 5.95 Å². The number of fused-ring (bicyclic) bond motifs is 1. The van der Waals surface area contributed by atoms with E-state index in [9.17, 15) is 0 Å². The van der Waals surface area contributed by atoms with E-state index in [1.807, 2.05) is 17.6 Å². The molecule has 1 N–H and O–H groups in total. The van der Waals surface area contributed by atoms with Crippen LogP contribution in [-0.2, 0) is 0 Å². The van der Waals surface area contributed by atoms with E-state index < -0.39 is 0 Å². The van der Waals surface area contributed by atoms with E-state index in [2.05, 4.69) is 36.1 Å². The molecule has 98 valence electrons. The number of alkyl halides is 1. The molecule has 0 amide bonds. The topological polar surface area (TPSA) is 37.8 Å². The third-order valence-corrected chi connectivity index (χ3v) is 3.99. The second kappa shape index (κ2) is 5.41. The molecule has 0 aliphatic rings. The van der Waals surface area contributed by atoms with Crippen LogP contribution in [0, 0.1) is 5.41 Å². The molecule has 0 saturated heterocycles. The van der Waals surface area contributed by atoms with Gasteiger partial charge in [-0.1, -0.05) is 20.8 Å². The highest BCUT2D eigenvalue weighted by molar-refractivity contribution is 7.16. The number of aromatic nitrogens is 2. The molecule has 2 rings (SSSR count). The van der Waals surface area contributed by atoms with Crippen LogP contribution in [0.15, 0.2) is 17.6 Å². The normalized spacial score (nSPS) is 13.8. The monoisotopic (exact) mass is 283 g/mol. The van der Waals surface area contributed by atoms with E-state index in [0.29, 0.717) is 11.8 Å². The lowest BCUT2D eigenvalue weighted by Gasteiger charge is -2.31. The molecular weight excluding hydrogens is 266 g/mol. The van der Waals surface area contributed by atoms with E-state index in [-0.39, 0.29) is 11.5 Å². The summed E-state index contributed by atoms with van der Waals surface area (Å²) in [5.74, 6) is 1.32. The molecule has 0 aliphatic carbocycles. The van der Waals surface area contributed by atoms with Crippen LogP contribution in [0.5, 0.6) is 0 Å². The summed E-state index contributed by atoms with van der Waals surface area (Å²) in [6, 6.07) is 2.30. The van der Waals surface area contributed by atoms with Gasteiger partial charge in [-0.3, -0.25) is 0 Å². The average Bonchev–Trinajstić information content (AvgIpc) is 2.74. The molecule has 2 aromatic rings. The number of thiophene rings is 1. The standard InChI is InChI=1S/C13H18ClN3S/c1-13(2,3)10(4-6-14)16-12-15-8-9-5-7-18-11(9)17-12/h5,7-8,10H,4,6H2,1-3H3,(H,15,16,17). The van der Waals surface area contributed by atoms with Gasteiger partial charge in [0.25, 0.3) is 0 Å². The van der Waals surface area contributed by atoms with Gasteiger partial charge in [0.05, 0.1) is 0 Å². The molecule has 3 nitrogen and oxygen atoms in total. The van der Waals surface area contributed by atoms with E-state index >= 15 is 0 Å². The van der Waals surface area contributed by atoms with Gasteiger partial charge in [0.15, 0.2) is 0 Å². The lowest BCUT2D eigenvalue weighted by atomic mass is 9.85. The van der Waals surface area contributed by atoms with Gasteiger partial charge in [0.2, 0.25) is 5.95 Å². The molecule has 2 aromatic heterocycles. The Morgan fingerprint density at radius 1 is 1.44 bits per heavy atom. The Hall–Kier alpha value is -0.870. The first-order chi connectivity index (χ1) is 8.50. The number of halogens is 1. The summed E-state index contributed by atoms with van der Waals surface area (Å²) in [6.07, 6.45) is 2.76. The van der Waals surface area contributed by atoms with Gasteiger partial charge in [-0.2, -0.15) is 0 Å². The van der Waals surface area contributed by atoms with E-state index in [1.54, 1.807) is 11.3 Å². The third-order valence-electron chi connectivity index (χ3n) is 2.95. The largest absolute Gasteiger partial charge is 0.351 e. The molecule has 0 spiro atoms. The summed E-state index contributed by atoms with van der Waals surface area (Å²) in [5.41, 5.74) is 0.128. The van der Waals surface area contributed by atoms with E-state index in [4.69, 9.17) is 11.6 Å². The summed E-state index contributed by atoms with van der Waals surface area (Å²) in [4.78, 5) is 9.90. The van der Waals surface area contributed by atoms with Gasteiger partial charge in [-0.25, -0.2) is 9.97 Å². The predicted molar refractivity (Wildman–Crippen MR) is 79.6 cm³/mol. The zero-order valence-corrected chi connectivity index (χ0v) is 12.5. The lowest BCUT2D eigenvalue weighted by molar-refractivity contribution is 0.333. The number of hydrogen-bond donors (Lipinski definition) is 1. The molecule has 5 heteroatoms. The molecule has 18 heavy (non-hydrogen) atoms. The van der Waals surface area contributed by atoms with Crippen molar-refractivity contribution < 1.29 is 0 Å². The quantitative estimate of drug-likeness (QED) is 0.857. The second-order valence-electron chi connectivity index (χ2n) is 5.42. The molecule has 0 radical (unpaired) electrons. The molecule has 0 bridgehead atoms. The summed E-state index contributed by atoms with van der Waals surface area (Å²) in [7, 11) is 0. The van der Waals surface area contributed by atoms with Crippen molar-refractivity contribution in [3.05, 3.63) is 17.6 Å². The van der Waals surface area contributed by atoms with E-state index in [1.165, 1.54) is 0 Å². The molecule has 0 fully saturated rings. The molecule has 1 unspecified atom stereocenters. The fourth-order valence-electron chi connectivity index (χ4n) is 1.81. The first-order valence-electron chi connectivity index (χ1n) is 6.03. The van der Waals surface area contributed by atoms with Crippen molar-refractivity contribution in [1.82, 2.24) is 9.97 Å². The zero-order valence-electron chi connectivity index (χ0n) is 10.9. The Morgan fingerprint density at radius 2 is 2.22 bits per heavy atom. The molecule has 0 aromatic carbocycles. The Labute approximate surface area is 117 Å². The van der Waals surface area contributed by atoms with Crippen molar-refractivity contribution >= 4 is 39.1 Å². The summed E-state index contributed by atoms with van der Waals surface area (Å²) < 4.78 is 0. The van der Waals surface area contributed by atoms with Crippen LogP contribution < -0.4 is 5.32 Å². The first-order valence-corrected chi connectivity index (χ1v) is 7.45. The summed E-state index contributed by atoms with van der Waals surface area (Å²) in [6.45, 7) is 6.59. The number of rotatable bonds is 4. The van der Waals surface area contributed by atoms with Crippen molar-refractivity contribution in [2.24, 2.45) is 5.41 Å². The van der Waals surface area contributed by atoms with Crippen LogP contribution in [-0.4, -0.2) is 21.9 Å². The Bertz CT molecular complexity index is 518. The Balaban J connectivity index is 2.19. The van der Waals surface area contributed by atoms with Crippen LogP contribution in [0.25, 0.3) is 10.2 Å². The third kappa shape index (κ3) is 3.12. The Kier molecular flexibility index (Phi) is 4.07. The van der Waals surface area contributed by atoms with Crippen LogP contribution in [0.1, 0.15) is 27.2 Å². The minimum absolute atomic E-state index is 0.128. The van der Waals surface area contributed by atoms with Crippen molar-refractivity contribution in [1.29, 1.82) is 0 Å². The van der Waals surface area contributed by atoms with Gasteiger partial charge >= 0.3 is 0 Å². The second-order valence-corrected chi connectivity index (χ2v) is 6.69. The van der Waals surface area contributed by atoms with Gasteiger partial charge in [0.1, 0.15) is 4.83 Å². The fourth-order valence-corrected chi connectivity index (χ4v) is 2.77. The fraction of sp³-hybridized carbons (Fsp3) is 0.538. The SMILES string of the molecule is CC(C)(C)C(CCCl)Nc1ncc2ccsc2n1. The van der Waals surface area contributed by atoms with Crippen LogP contribution in [0.2, 0.25) is 0 Å². The molecule has 1 atom stereocenters. The van der Waals surface area contributed by atoms with Crippen molar-refractivity contribution in [2.75, 3.05) is 11.2 Å². The lowest BCUT2D eigenvalue weighted by Crippen LogP contribution is -2.35. The molecule has 0 saturated carbocycles.